The van der Waals surface area contributed by atoms with Gasteiger partial charge in [0.1, 0.15) is 4.32 Å². The molecule has 0 saturated carbocycles. The summed E-state index contributed by atoms with van der Waals surface area (Å²) in [6, 6.07) is 10.5. The summed E-state index contributed by atoms with van der Waals surface area (Å²) in [6.07, 6.45) is 4.07. The standard InChI is InChI=1S/C13H19NS2/c1-4-13(2,14-12(15)16-3)10-11-8-6-5-7-9-11/h5-9H,4,10H2,1-3H3,(H,14,15)/t13-/m0/s1. The minimum atomic E-state index is 0.0570. The van der Waals surface area contributed by atoms with Crippen LogP contribution in [0.1, 0.15) is 25.8 Å². The summed E-state index contributed by atoms with van der Waals surface area (Å²) in [5.74, 6) is 0. The van der Waals surface area contributed by atoms with Gasteiger partial charge in [-0.25, -0.2) is 0 Å². The number of hydrogen-bond acceptors (Lipinski definition) is 2. The normalized spacial score (nSPS) is 14.2. The quantitative estimate of drug-likeness (QED) is 0.823. The van der Waals surface area contributed by atoms with Gasteiger partial charge in [0.15, 0.2) is 0 Å². The van der Waals surface area contributed by atoms with Crippen LogP contribution in [0.2, 0.25) is 0 Å². The van der Waals surface area contributed by atoms with Gasteiger partial charge in [-0.05, 0) is 31.6 Å². The Morgan fingerprint density at radius 2 is 2.00 bits per heavy atom. The molecule has 1 aromatic rings. The molecule has 0 radical (unpaired) electrons. The number of benzene rings is 1. The highest BCUT2D eigenvalue weighted by Gasteiger charge is 2.22. The third kappa shape index (κ3) is 4.14. The Bertz CT molecular complexity index is 337. The molecule has 0 aliphatic rings. The van der Waals surface area contributed by atoms with Crippen LogP contribution in [0.3, 0.4) is 0 Å². The number of thiocarbonyl (C=S) groups is 1. The average molecular weight is 253 g/mol. The fourth-order valence-electron chi connectivity index (χ4n) is 1.60. The summed E-state index contributed by atoms with van der Waals surface area (Å²) >= 11 is 6.84. The maximum Gasteiger partial charge on any atom is 0.133 e. The molecule has 0 spiro atoms. The van der Waals surface area contributed by atoms with Crippen molar-refractivity contribution in [3.05, 3.63) is 35.9 Å². The minimum absolute atomic E-state index is 0.0570. The molecule has 0 saturated heterocycles. The van der Waals surface area contributed by atoms with Crippen molar-refractivity contribution >= 4 is 28.3 Å². The Balaban J connectivity index is 2.70. The van der Waals surface area contributed by atoms with Crippen molar-refractivity contribution in [2.45, 2.75) is 32.2 Å². The lowest BCUT2D eigenvalue weighted by atomic mass is 9.90. The lowest BCUT2D eigenvalue weighted by Crippen LogP contribution is -2.45. The molecule has 1 N–H and O–H groups in total. The molecule has 0 heterocycles. The molecule has 0 unspecified atom stereocenters. The Morgan fingerprint density at radius 1 is 1.38 bits per heavy atom. The largest absolute Gasteiger partial charge is 0.366 e. The Morgan fingerprint density at radius 3 is 2.50 bits per heavy atom. The van der Waals surface area contributed by atoms with Crippen molar-refractivity contribution in [1.29, 1.82) is 0 Å². The maximum absolute atomic E-state index is 5.24. The molecule has 3 heteroatoms. The second kappa shape index (κ2) is 6.26. The van der Waals surface area contributed by atoms with Gasteiger partial charge in [0.2, 0.25) is 0 Å². The minimum Gasteiger partial charge on any atom is -0.366 e. The zero-order valence-corrected chi connectivity index (χ0v) is 11.8. The maximum atomic E-state index is 5.24. The molecule has 1 aromatic carbocycles. The smallest absolute Gasteiger partial charge is 0.133 e. The predicted molar refractivity (Wildman–Crippen MR) is 78.1 cm³/mol. The zero-order chi connectivity index (χ0) is 12.0. The van der Waals surface area contributed by atoms with Crippen LogP contribution in [0, 0.1) is 0 Å². The van der Waals surface area contributed by atoms with Gasteiger partial charge < -0.3 is 5.32 Å². The third-order valence-corrected chi connectivity index (χ3v) is 3.88. The van der Waals surface area contributed by atoms with E-state index >= 15 is 0 Å². The van der Waals surface area contributed by atoms with Crippen LogP contribution >= 0.6 is 24.0 Å². The molecule has 0 aliphatic carbocycles. The summed E-state index contributed by atoms with van der Waals surface area (Å²) in [6.45, 7) is 4.42. The van der Waals surface area contributed by atoms with Crippen LogP contribution < -0.4 is 5.32 Å². The number of nitrogens with one attached hydrogen (secondary N) is 1. The highest BCUT2D eigenvalue weighted by atomic mass is 32.2. The van der Waals surface area contributed by atoms with Gasteiger partial charge in [0.05, 0.1) is 0 Å². The van der Waals surface area contributed by atoms with Gasteiger partial charge in [-0.15, -0.1) is 11.8 Å². The molecule has 0 bridgehead atoms. The molecule has 0 aliphatic heterocycles. The van der Waals surface area contributed by atoms with E-state index in [0.717, 1.165) is 17.2 Å². The first-order valence-electron chi connectivity index (χ1n) is 5.49. The summed E-state index contributed by atoms with van der Waals surface area (Å²) < 4.78 is 0.875. The van der Waals surface area contributed by atoms with Crippen molar-refractivity contribution in [3.8, 4) is 0 Å². The SMILES string of the molecule is CC[C@@](C)(Cc1ccccc1)NC(=S)SC. The van der Waals surface area contributed by atoms with Crippen LogP contribution in [0.25, 0.3) is 0 Å². The van der Waals surface area contributed by atoms with E-state index in [4.69, 9.17) is 12.2 Å². The van der Waals surface area contributed by atoms with E-state index in [1.807, 2.05) is 12.3 Å². The monoisotopic (exact) mass is 253 g/mol. The summed E-state index contributed by atoms with van der Waals surface area (Å²) in [4.78, 5) is 0. The summed E-state index contributed by atoms with van der Waals surface area (Å²) in [5.41, 5.74) is 1.41. The highest BCUT2D eigenvalue weighted by Crippen LogP contribution is 2.18. The molecule has 0 fully saturated rings. The first-order chi connectivity index (χ1) is 7.59. The molecule has 1 atom stereocenters. The topological polar surface area (TPSA) is 12.0 Å². The zero-order valence-electron chi connectivity index (χ0n) is 10.1. The second-order valence-corrected chi connectivity index (χ2v) is 5.68. The Kier molecular flexibility index (Phi) is 5.29. The third-order valence-electron chi connectivity index (χ3n) is 2.81. The first-order valence-corrected chi connectivity index (χ1v) is 7.13. The molecule has 88 valence electrons. The van der Waals surface area contributed by atoms with Gasteiger partial charge in [0, 0.05) is 5.54 Å². The fourth-order valence-corrected chi connectivity index (χ4v) is 2.20. The Labute approximate surface area is 108 Å². The van der Waals surface area contributed by atoms with E-state index < -0.39 is 0 Å². The van der Waals surface area contributed by atoms with E-state index in [1.54, 1.807) is 11.8 Å². The van der Waals surface area contributed by atoms with Gasteiger partial charge in [-0.1, -0.05) is 49.5 Å². The van der Waals surface area contributed by atoms with E-state index in [1.165, 1.54) is 5.56 Å². The lowest BCUT2D eigenvalue weighted by Gasteiger charge is -2.30. The molecule has 1 nitrogen and oxygen atoms in total. The van der Waals surface area contributed by atoms with Gasteiger partial charge in [-0.2, -0.15) is 0 Å². The molecule has 0 aromatic heterocycles. The van der Waals surface area contributed by atoms with Crippen molar-refractivity contribution < 1.29 is 0 Å². The number of rotatable bonds is 4. The molecular formula is C13H19NS2. The van der Waals surface area contributed by atoms with E-state index in [-0.39, 0.29) is 5.54 Å². The van der Waals surface area contributed by atoms with E-state index in [0.29, 0.717) is 0 Å². The van der Waals surface area contributed by atoms with E-state index in [2.05, 4.69) is 43.4 Å². The summed E-state index contributed by atoms with van der Waals surface area (Å²) in [7, 11) is 0. The molecule has 16 heavy (non-hydrogen) atoms. The van der Waals surface area contributed by atoms with Crippen LogP contribution in [0.5, 0.6) is 0 Å². The van der Waals surface area contributed by atoms with Crippen molar-refractivity contribution in [1.82, 2.24) is 5.32 Å². The molecule has 0 amide bonds. The van der Waals surface area contributed by atoms with Crippen molar-refractivity contribution in [3.63, 3.8) is 0 Å². The van der Waals surface area contributed by atoms with Crippen molar-refractivity contribution in [2.24, 2.45) is 0 Å². The van der Waals surface area contributed by atoms with Gasteiger partial charge >= 0.3 is 0 Å². The van der Waals surface area contributed by atoms with Gasteiger partial charge in [-0.3, -0.25) is 0 Å². The van der Waals surface area contributed by atoms with Gasteiger partial charge in [0.25, 0.3) is 0 Å². The highest BCUT2D eigenvalue weighted by molar-refractivity contribution is 8.22. The van der Waals surface area contributed by atoms with Crippen LogP contribution in [0.15, 0.2) is 30.3 Å². The molecular weight excluding hydrogens is 234 g/mol. The molecule has 1 rings (SSSR count). The number of hydrogen-bond donors (Lipinski definition) is 1. The van der Waals surface area contributed by atoms with Crippen LogP contribution in [-0.2, 0) is 6.42 Å². The predicted octanol–water partition coefficient (Wildman–Crippen LogP) is 3.64. The summed E-state index contributed by atoms with van der Waals surface area (Å²) in [5, 5.41) is 3.44. The van der Waals surface area contributed by atoms with Crippen molar-refractivity contribution in [2.75, 3.05) is 6.26 Å². The van der Waals surface area contributed by atoms with Crippen LogP contribution in [-0.4, -0.2) is 16.1 Å². The Hall–Kier alpha value is -0.540. The first kappa shape index (κ1) is 13.5. The van der Waals surface area contributed by atoms with Crippen LogP contribution in [0.4, 0.5) is 0 Å². The number of thioether (sulfide) groups is 1. The fraction of sp³-hybridized carbons (Fsp3) is 0.462. The second-order valence-electron chi connectivity index (χ2n) is 4.19. The van der Waals surface area contributed by atoms with E-state index in [9.17, 15) is 0 Å². The average Bonchev–Trinajstić information content (AvgIpc) is 2.30. The lowest BCUT2D eigenvalue weighted by molar-refractivity contribution is 0.404.